The SMILES string of the molecule is COc1cc(C)c(Cl)c(C)c1CC(C)C(C)=O. The summed E-state index contributed by atoms with van der Waals surface area (Å²) in [5, 5.41) is 0.761. The zero-order valence-electron chi connectivity index (χ0n) is 11.1. The number of methoxy groups -OCH3 is 1. The number of benzene rings is 1. The molecule has 0 radical (unpaired) electrons. The molecule has 2 nitrogen and oxygen atoms in total. The second-order valence-corrected chi connectivity index (χ2v) is 4.91. The molecule has 0 aliphatic heterocycles. The Hall–Kier alpha value is -1.02. The molecule has 0 bridgehead atoms. The average molecular weight is 255 g/mol. The average Bonchev–Trinajstić information content (AvgIpc) is 2.29. The van der Waals surface area contributed by atoms with Gasteiger partial charge in [0.1, 0.15) is 11.5 Å². The van der Waals surface area contributed by atoms with Crippen molar-refractivity contribution < 1.29 is 9.53 Å². The Bertz CT molecular complexity index is 438. The summed E-state index contributed by atoms with van der Waals surface area (Å²) in [5.41, 5.74) is 3.04. The summed E-state index contributed by atoms with van der Waals surface area (Å²) in [6.45, 7) is 7.47. The van der Waals surface area contributed by atoms with Crippen molar-refractivity contribution in [1.29, 1.82) is 0 Å². The summed E-state index contributed by atoms with van der Waals surface area (Å²) in [5.74, 6) is 0.988. The van der Waals surface area contributed by atoms with Crippen LogP contribution in [-0.4, -0.2) is 12.9 Å². The molecule has 94 valence electrons. The van der Waals surface area contributed by atoms with Gasteiger partial charge in [-0.25, -0.2) is 0 Å². The minimum atomic E-state index is -0.0126. The second kappa shape index (κ2) is 5.54. The van der Waals surface area contributed by atoms with Gasteiger partial charge in [0.25, 0.3) is 0 Å². The van der Waals surface area contributed by atoms with Gasteiger partial charge in [-0.15, -0.1) is 0 Å². The molecule has 0 saturated carbocycles. The first kappa shape index (κ1) is 14.0. The van der Waals surface area contributed by atoms with Crippen LogP contribution in [0.4, 0.5) is 0 Å². The van der Waals surface area contributed by atoms with E-state index in [-0.39, 0.29) is 11.7 Å². The number of carbonyl (C=O) groups is 1. The predicted molar refractivity (Wildman–Crippen MR) is 71.0 cm³/mol. The van der Waals surface area contributed by atoms with Gasteiger partial charge in [-0.2, -0.15) is 0 Å². The normalized spacial score (nSPS) is 12.4. The van der Waals surface area contributed by atoms with E-state index in [4.69, 9.17) is 16.3 Å². The fourth-order valence-electron chi connectivity index (χ4n) is 1.85. The molecule has 0 heterocycles. The van der Waals surface area contributed by atoms with Crippen LogP contribution in [0.2, 0.25) is 5.02 Å². The molecule has 1 unspecified atom stereocenters. The monoisotopic (exact) mass is 254 g/mol. The lowest BCUT2D eigenvalue weighted by molar-refractivity contribution is -0.120. The van der Waals surface area contributed by atoms with Crippen LogP contribution >= 0.6 is 11.6 Å². The molecule has 0 fully saturated rings. The standard InChI is InChI=1S/C14H19ClO2/c1-8(11(4)16)6-12-10(3)14(15)9(2)7-13(12)17-5/h7-8H,6H2,1-5H3. The number of hydrogen-bond donors (Lipinski definition) is 0. The fraction of sp³-hybridized carbons (Fsp3) is 0.500. The predicted octanol–water partition coefficient (Wildman–Crippen LogP) is 3.73. The number of ketones is 1. The Morgan fingerprint density at radius 2 is 2.06 bits per heavy atom. The molecule has 17 heavy (non-hydrogen) atoms. The van der Waals surface area contributed by atoms with Gasteiger partial charge in [-0.1, -0.05) is 18.5 Å². The van der Waals surface area contributed by atoms with Crippen molar-refractivity contribution in [2.75, 3.05) is 7.11 Å². The molecule has 0 amide bonds. The number of carbonyl (C=O) groups excluding carboxylic acids is 1. The number of halogens is 1. The van der Waals surface area contributed by atoms with Crippen molar-refractivity contribution in [1.82, 2.24) is 0 Å². The van der Waals surface area contributed by atoms with Crippen molar-refractivity contribution in [3.8, 4) is 5.75 Å². The van der Waals surface area contributed by atoms with Crippen LogP contribution in [0.1, 0.15) is 30.5 Å². The van der Waals surface area contributed by atoms with Gasteiger partial charge in [0.05, 0.1) is 7.11 Å². The first-order valence-corrected chi connectivity index (χ1v) is 6.09. The van der Waals surface area contributed by atoms with Crippen LogP contribution in [0, 0.1) is 19.8 Å². The van der Waals surface area contributed by atoms with Crippen LogP contribution < -0.4 is 4.74 Å². The van der Waals surface area contributed by atoms with E-state index in [2.05, 4.69) is 0 Å². The molecule has 1 aromatic carbocycles. The molecule has 0 aliphatic rings. The van der Waals surface area contributed by atoms with Gasteiger partial charge in [0.15, 0.2) is 0 Å². The minimum Gasteiger partial charge on any atom is -0.496 e. The third kappa shape index (κ3) is 3.01. The Morgan fingerprint density at radius 3 is 2.53 bits per heavy atom. The van der Waals surface area contributed by atoms with Crippen LogP contribution in [0.3, 0.4) is 0 Å². The Morgan fingerprint density at radius 1 is 1.47 bits per heavy atom. The zero-order valence-corrected chi connectivity index (χ0v) is 11.8. The first-order valence-electron chi connectivity index (χ1n) is 5.71. The van der Waals surface area contributed by atoms with Gasteiger partial charge in [0.2, 0.25) is 0 Å². The summed E-state index contributed by atoms with van der Waals surface area (Å²) >= 11 is 6.23. The maximum absolute atomic E-state index is 11.3. The van der Waals surface area contributed by atoms with Gasteiger partial charge in [-0.3, -0.25) is 4.79 Å². The number of aryl methyl sites for hydroxylation is 1. The smallest absolute Gasteiger partial charge is 0.132 e. The fourth-order valence-corrected chi connectivity index (χ4v) is 2.01. The van der Waals surface area contributed by atoms with Gasteiger partial charge < -0.3 is 4.74 Å². The topological polar surface area (TPSA) is 26.3 Å². The van der Waals surface area contributed by atoms with E-state index >= 15 is 0 Å². The van der Waals surface area contributed by atoms with Crippen LogP contribution in [0.5, 0.6) is 5.75 Å². The number of ether oxygens (including phenoxy) is 1. The molecule has 0 saturated heterocycles. The van der Waals surface area contributed by atoms with Gasteiger partial charge in [0, 0.05) is 10.9 Å². The molecular weight excluding hydrogens is 236 g/mol. The summed E-state index contributed by atoms with van der Waals surface area (Å²) in [7, 11) is 1.64. The molecule has 3 heteroatoms. The third-order valence-corrected chi connectivity index (χ3v) is 3.78. The lowest BCUT2D eigenvalue weighted by atomic mass is 9.93. The summed E-state index contributed by atoms with van der Waals surface area (Å²) < 4.78 is 5.37. The van der Waals surface area contributed by atoms with E-state index < -0.39 is 0 Å². The maximum Gasteiger partial charge on any atom is 0.132 e. The molecule has 1 aromatic rings. The van der Waals surface area contributed by atoms with Gasteiger partial charge >= 0.3 is 0 Å². The molecule has 1 atom stereocenters. The molecule has 1 rings (SSSR count). The highest BCUT2D eigenvalue weighted by Gasteiger charge is 2.17. The van der Waals surface area contributed by atoms with Crippen molar-refractivity contribution >= 4 is 17.4 Å². The number of rotatable bonds is 4. The second-order valence-electron chi connectivity index (χ2n) is 4.53. The van der Waals surface area contributed by atoms with E-state index in [9.17, 15) is 4.79 Å². The maximum atomic E-state index is 11.3. The van der Waals surface area contributed by atoms with Crippen molar-refractivity contribution in [2.24, 2.45) is 5.92 Å². The van der Waals surface area contributed by atoms with E-state index in [0.29, 0.717) is 6.42 Å². The van der Waals surface area contributed by atoms with E-state index in [1.807, 2.05) is 26.8 Å². The summed E-state index contributed by atoms with van der Waals surface area (Å²) in [6, 6.07) is 1.93. The van der Waals surface area contributed by atoms with Crippen molar-refractivity contribution in [3.63, 3.8) is 0 Å². The highest BCUT2D eigenvalue weighted by molar-refractivity contribution is 6.32. The molecule has 0 aliphatic carbocycles. The molecule has 0 aromatic heterocycles. The van der Waals surface area contributed by atoms with E-state index in [0.717, 1.165) is 27.5 Å². The Labute approximate surface area is 108 Å². The lowest BCUT2D eigenvalue weighted by Gasteiger charge is -2.17. The lowest BCUT2D eigenvalue weighted by Crippen LogP contribution is -2.11. The van der Waals surface area contributed by atoms with Crippen LogP contribution in [-0.2, 0) is 11.2 Å². The van der Waals surface area contributed by atoms with Gasteiger partial charge in [-0.05, 0) is 49.9 Å². The third-order valence-electron chi connectivity index (χ3n) is 3.20. The van der Waals surface area contributed by atoms with Crippen LogP contribution in [0.25, 0.3) is 0 Å². The number of Topliss-reactive ketones (excluding diaryl/α,β-unsaturated/α-hetero) is 1. The first-order chi connectivity index (χ1) is 7.88. The highest BCUT2D eigenvalue weighted by Crippen LogP contribution is 2.33. The van der Waals surface area contributed by atoms with E-state index in [1.165, 1.54) is 0 Å². The Balaban J connectivity index is 3.21. The molecule has 0 spiro atoms. The molecule has 0 N–H and O–H groups in total. The largest absolute Gasteiger partial charge is 0.496 e. The van der Waals surface area contributed by atoms with Crippen molar-refractivity contribution in [2.45, 2.75) is 34.1 Å². The van der Waals surface area contributed by atoms with E-state index in [1.54, 1.807) is 14.0 Å². The minimum absolute atomic E-state index is 0.0126. The highest BCUT2D eigenvalue weighted by atomic mass is 35.5. The van der Waals surface area contributed by atoms with Crippen LogP contribution in [0.15, 0.2) is 6.07 Å². The number of hydrogen-bond acceptors (Lipinski definition) is 2. The summed E-state index contributed by atoms with van der Waals surface area (Å²) in [4.78, 5) is 11.3. The van der Waals surface area contributed by atoms with Crippen molar-refractivity contribution in [3.05, 3.63) is 27.8 Å². The zero-order chi connectivity index (χ0) is 13.2. The Kier molecular flexibility index (Phi) is 4.58. The quantitative estimate of drug-likeness (QED) is 0.818. The summed E-state index contributed by atoms with van der Waals surface area (Å²) in [6.07, 6.45) is 0.671. The molecular formula is C14H19ClO2.